The summed E-state index contributed by atoms with van der Waals surface area (Å²) in [4.78, 5) is 15.8. The van der Waals surface area contributed by atoms with Gasteiger partial charge in [0.15, 0.2) is 0 Å². The molecular formula is C20H24N2O2. The number of likely N-dealkylation sites (N-methyl/N-ethyl adjacent to an activating group) is 1. The van der Waals surface area contributed by atoms with Gasteiger partial charge in [0.1, 0.15) is 0 Å². The third-order valence-electron chi connectivity index (χ3n) is 4.78. The predicted octanol–water partition coefficient (Wildman–Crippen LogP) is 2.74. The van der Waals surface area contributed by atoms with Crippen LogP contribution in [0.15, 0.2) is 54.6 Å². The number of nitrogens with zero attached hydrogens (tertiary/aromatic N) is 2. The second-order valence-electron chi connectivity index (χ2n) is 6.56. The van der Waals surface area contributed by atoms with Crippen molar-refractivity contribution >= 4 is 5.97 Å². The number of aromatic carboxylic acids is 1. The number of hydrogen-bond donors (Lipinski definition) is 1. The number of rotatable bonds is 5. The molecule has 2 aromatic rings. The molecule has 0 spiro atoms. The maximum atomic E-state index is 10.9. The first-order chi connectivity index (χ1) is 11.6. The van der Waals surface area contributed by atoms with Crippen molar-refractivity contribution in [2.75, 3.05) is 26.7 Å². The summed E-state index contributed by atoms with van der Waals surface area (Å²) in [6.07, 6.45) is 1.06. The van der Waals surface area contributed by atoms with Gasteiger partial charge >= 0.3 is 5.97 Å². The highest BCUT2D eigenvalue weighted by molar-refractivity contribution is 5.87. The summed E-state index contributed by atoms with van der Waals surface area (Å²) in [6, 6.07) is 18.4. The van der Waals surface area contributed by atoms with E-state index in [-0.39, 0.29) is 0 Å². The molecule has 1 heterocycles. The normalized spacial score (nSPS) is 19.3. The second kappa shape index (κ2) is 7.60. The summed E-state index contributed by atoms with van der Waals surface area (Å²) >= 11 is 0. The molecule has 1 saturated heterocycles. The molecule has 1 unspecified atom stereocenters. The van der Waals surface area contributed by atoms with Crippen molar-refractivity contribution in [2.45, 2.75) is 19.0 Å². The van der Waals surface area contributed by atoms with Crippen LogP contribution in [0.25, 0.3) is 0 Å². The zero-order valence-corrected chi connectivity index (χ0v) is 14.1. The van der Waals surface area contributed by atoms with Crippen LogP contribution in [-0.4, -0.2) is 53.6 Å². The van der Waals surface area contributed by atoms with Gasteiger partial charge in [-0.3, -0.25) is 4.90 Å². The van der Waals surface area contributed by atoms with Crippen LogP contribution >= 0.6 is 0 Å². The molecule has 1 N–H and O–H groups in total. The van der Waals surface area contributed by atoms with Crippen LogP contribution in [0.3, 0.4) is 0 Å². The van der Waals surface area contributed by atoms with E-state index in [4.69, 9.17) is 5.11 Å². The van der Waals surface area contributed by atoms with Crippen molar-refractivity contribution in [1.82, 2.24) is 9.80 Å². The Hall–Kier alpha value is -2.17. The minimum atomic E-state index is -0.871. The molecule has 126 valence electrons. The molecule has 2 aromatic carbocycles. The number of benzene rings is 2. The summed E-state index contributed by atoms with van der Waals surface area (Å²) in [5.41, 5.74) is 2.89. The lowest BCUT2D eigenvalue weighted by Gasteiger charge is -2.39. The number of carboxylic acids is 1. The van der Waals surface area contributed by atoms with Gasteiger partial charge in [0.05, 0.1) is 5.56 Å². The molecule has 3 rings (SSSR count). The fourth-order valence-corrected chi connectivity index (χ4v) is 3.27. The van der Waals surface area contributed by atoms with Crippen molar-refractivity contribution in [3.8, 4) is 0 Å². The molecule has 0 bridgehead atoms. The van der Waals surface area contributed by atoms with Crippen LogP contribution in [-0.2, 0) is 13.0 Å². The van der Waals surface area contributed by atoms with Crippen LogP contribution in [0.4, 0.5) is 0 Å². The number of piperazine rings is 1. The van der Waals surface area contributed by atoms with E-state index in [1.165, 1.54) is 11.1 Å². The summed E-state index contributed by atoms with van der Waals surface area (Å²) < 4.78 is 0. The average molecular weight is 324 g/mol. The first kappa shape index (κ1) is 16.7. The van der Waals surface area contributed by atoms with Gasteiger partial charge in [-0.2, -0.15) is 0 Å². The van der Waals surface area contributed by atoms with Crippen LogP contribution < -0.4 is 0 Å². The van der Waals surface area contributed by atoms with Gasteiger partial charge in [0.2, 0.25) is 0 Å². The maximum Gasteiger partial charge on any atom is 0.335 e. The lowest BCUT2D eigenvalue weighted by atomic mass is 10.0. The van der Waals surface area contributed by atoms with Gasteiger partial charge in [-0.15, -0.1) is 0 Å². The third kappa shape index (κ3) is 4.22. The molecule has 24 heavy (non-hydrogen) atoms. The molecule has 0 aromatic heterocycles. The van der Waals surface area contributed by atoms with Gasteiger partial charge in [-0.25, -0.2) is 4.79 Å². The molecule has 4 heteroatoms. The van der Waals surface area contributed by atoms with Crippen LogP contribution in [0, 0.1) is 0 Å². The molecule has 4 nitrogen and oxygen atoms in total. The monoisotopic (exact) mass is 324 g/mol. The van der Waals surface area contributed by atoms with Gasteiger partial charge in [0, 0.05) is 32.2 Å². The number of carboxylic acid groups (broad SMARTS) is 1. The topological polar surface area (TPSA) is 43.8 Å². The molecule has 0 amide bonds. The summed E-state index contributed by atoms with van der Waals surface area (Å²) in [7, 11) is 2.20. The van der Waals surface area contributed by atoms with Crippen molar-refractivity contribution in [2.24, 2.45) is 0 Å². The average Bonchev–Trinajstić information content (AvgIpc) is 2.59. The van der Waals surface area contributed by atoms with E-state index < -0.39 is 5.97 Å². The highest BCUT2D eigenvalue weighted by Gasteiger charge is 2.24. The molecule has 0 saturated carbocycles. The van der Waals surface area contributed by atoms with Crippen LogP contribution in [0.1, 0.15) is 21.5 Å². The SMILES string of the molecule is CN1CCN(Cc2ccc(C(=O)O)cc2)CC1Cc1ccccc1. The lowest BCUT2D eigenvalue weighted by molar-refractivity contribution is 0.0697. The van der Waals surface area contributed by atoms with Crippen LogP contribution in [0.2, 0.25) is 0 Å². The minimum absolute atomic E-state index is 0.346. The van der Waals surface area contributed by atoms with E-state index in [0.29, 0.717) is 11.6 Å². The van der Waals surface area contributed by atoms with E-state index in [1.54, 1.807) is 12.1 Å². The Morgan fingerprint density at radius 2 is 1.75 bits per heavy atom. The first-order valence-electron chi connectivity index (χ1n) is 8.40. The predicted molar refractivity (Wildman–Crippen MR) is 95.2 cm³/mol. The Bertz CT molecular complexity index is 670. The summed E-state index contributed by atoms with van der Waals surface area (Å²) in [6.45, 7) is 4.01. The lowest BCUT2D eigenvalue weighted by Crippen LogP contribution is -2.51. The standard InChI is InChI=1S/C20H24N2O2/c1-21-11-12-22(14-17-7-9-18(10-8-17)20(23)24)15-19(21)13-16-5-3-2-4-6-16/h2-10,19H,11-15H2,1H3,(H,23,24). The molecule has 1 aliphatic heterocycles. The van der Waals surface area contributed by atoms with E-state index in [1.807, 2.05) is 12.1 Å². The number of hydrogen-bond acceptors (Lipinski definition) is 3. The Balaban J connectivity index is 1.61. The quantitative estimate of drug-likeness (QED) is 0.918. The largest absolute Gasteiger partial charge is 0.478 e. The third-order valence-corrected chi connectivity index (χ3v) is 4.78. The van der Waals surface area contributed by atoms with Crippen molar-refractivity contribution < 1.29 is 9.90 Å². The van der Waals surface area contributed by atoms with E-state index in [2.05, 4.69) is 47.2 Å². The molecule has 0 aliphatic carbocycles. The van der Waals surface area contributed by atoms with E-state index in [9.17, 15) is 4.79 Å². The highest BCUT2D eigenvalue weighted by atomic mass is 16.4. The van der Waals surface area contributed by atoms with Crippen molar-refractivity contribution in [3.05, 3.63) is 71.3 Å². The summed E-state index contributed by atoms with van der Waals surface area (Å²) in [5.74, 6) is -0.871. The molecule has 0 radical (unpaired) electrons. The minimum Gasteiger partial charge on any atom is -0.478 e. The Morgan fingerprint density at radius 1 is 1.04 bits per heavy atom. The highest BCUT2D eigenvalue weighted by Crippen LogP contribution is 2.16. The van der Waals surface area contributed by atoms with E-state index >= 15 is 0 Å². The van der Waals surface area contributed by atoms with Crippen molar-refractivity contribution in [3.63, 3.8) is 0 Å². The first-order valence-corrected chi connectivity index (χ1v) is 8.40. The van der Waals surface area contributed by atoms with Gasteiger partial charge in [0.25, 0.3) is 0 Å². The van der Waals surface area contributed by atoms with Gasteiger partial charge in [-0.1, -0.05) is 42.5 Å². The van der Waals surface area contributed by atoms with Gasteiger partial charge < -0.3 is 10.0 Å². The zero-order chi connectivity index (χ0) is 16.9. The fraction of sp³-hybridized carbons (Fsp3) is 0.350. The smallest absolute Gasteiger partial charge is 0.335 e. The maximum absolute atomic E-state index is 10.9. The van der Waals surface area contributed by atoms with Crippen molar-refractivity contribution in [1.29, 1.82) is 0 Å². The zero-order valence-electron chi connectivity index (χ0n) is 14.1. The fourth-order valence-electron chi connectivity index (χ4n) is 3.27. The second-order valence-corrected chi connectivity index (χ2v) is 6.56. The Labute approximate surface area is 143 Å². The summed E-state index contributed by atoms with van der Waals surface area (Å²) in [5, 5.41) is 8.99. The molecule has 1 atom stereocenters. The van der Waals surface area contributed by atoms with Crippen LogP contribution in [0.5, 0.6) is 0 Å². The molecule has 1 fully saturated rings. The molecular weight excluding hydrogens is 300 g/mol. The van der Waals surface area contributed by atoms with E-state index in [0.717, 1.165) is 32.6 Å². The number of carbonyl (C=O) groups is 1. The Morgan fingerprint density at radius 3 is 2.42 bits per heavy atom. The van der Waals surface area contributed by atoms with Gasteiger partial charge in [-0.05, 0) is 36.7 Å². The molecule has 1 aliphatic rings. The Kier molecular flexibility index (Phi) is 5.28.